The minimum atomic E-state index is -3.16. The lowest BCUT2D eigenvalue weighted by molar-refractivity contribution is 0.396. The molecule has 0 unspecified atom stereocenters. The minimum absolute atomic E-state index is 0. The van der Waals surface area contributed by atoms with Crippen LogP contribution < -0.4 is 14.8 Å². The van der Waals surface area contributed by atoms with Crippen molar-refractivity contribution in [2.45, 2.75) is 13.5 Å². The molecule has 7 nitrogen and oxygen atoms in total. The van der Waals surface area contributed by atoms with Gasteiger partial charge in [-0.15, -0.1) is 24.0 Å². The van der Waals surface area contributed by atoms with Crippen molar-refractivity contribution in [2.24, 2.45) is 4.99 Å². The number of benzene rings is 1. The van der Waals surface area contributed by atoms with Gasteiger partial charge in [0.15, 0.2) is 5.96 Å². The SMILES string of the molecule is CCS(=O)(=O)NCCNC(=NC)N(C)Cc1ccccc1OC.I. The first-order valence-electron chi connectivity index (χ1n) is 7.44. The Kier molecular flexibility index (Phi) is 11.0. The first-order valence-corrected chi connectivity index (χ1v) is 9.09. The Morgan fingerprint density at radius 2 is 1.96 bits per heavy atom. The van der Waals surface area contributed by atoms with Gasteiger partial charge in [-0.2, -0.15) is 0 Å². The molecule has 0 saturated carbocycles. The predicted octanol–water partition coefficient (Wildman–Crippen LogP) is 1.26. The van der Waals surface area contributed by atoms with Crippen LogP contribution in [0.15, 0.2) is 29.3 Å². The Hall–Kier alpha value is -1.07. The molecule has 0 aromatic heterocycles. The molecule has 24 heavy (non-hydrogen) atoms. The third-order valence-electron chi connectivity index (χ3n) is 3.28. The maximum atomic E-state index is 11.4. The molecule has 0 aliphatic rings. The zero-order valence-electron chi connectivity index (χ0n) is 14.6. The van der Waals surface area contributed by atoms with Gasteiger partial charge in [-0.25, -0.2) is 13.1 Å². The third-order valence-corrected chi connectivity index (χ3v) is 4.69. The van der Waals surface area contributed by atoms with E-state index in [9.17, 15) is 8.42 Å². The average Bonchev–Trinajstić information content (AvgIpc) is 2.55. The van der Waals surface area contributed by atoms with E-state index in [-0.39, 0.29) is 29.7 Å². The molecule has 1 aromatic carbocycles. The summed E-state index contributed by atoms with van der Waals surface area (Å²) in [4.78, 5) is 6.16. The summed E-state index contributed by atoms with van der Waals surface area (Å²) in [7, 11) is 2.09. The second kappa shape index (κ2) is 11.5. The zero-order valence-corrected chi connectivity index (χ0v) is 17.7. The van der Waals surface area contributed by atoms with Crippen LogP contribution in [-0.2, 0) is 16.6 Å². The molecule has 0 saturated heterocycles. The fourth-order valence-electron chi connectivity index (χ4n) is 2.03. The Morgan fingerprint density at radius 3 is 2.54 bits per heavy atom. The van der Waals surface area contributed by atoms with Gasteiger partial charge in [0.05, 0.1) is 12.9 Å². The highest BCUT2D eigenvalue weighted by molar-refractivity contribution is 14.0. The number of rotatable bonds is 8. The number of nitrogens with one attached hydrogen (secondary N) is 2. The lowest BCUT2D eigenvalue weighted by Crippen LogP contribution is -2.42. The van der Waals surface area contributed by atoms with E-state index in [1.807, 2.05) is 36.2 Å². The highest BCUT2D eigenvalue weighted by Crippen LogP contribution is 2.18. The van der Waals surface area contributed by atoms with Gasteiger partial charge in [-0.3, -0.25) is 4.99 Å². The quantitative estimate of drug-likeness (QED) is 0.259. The molecule has 1 aromatic rings. The number of ether oxygens (including phenoxy) is 1. The summed E-state index contributed by atoms with van der Waals surface area (Å²) in [6, 6.07) is 7.80. The smallest absolute Gasteiger partial charge is 0.211 e. The molecule has 0 radical (unpaired) electrons. The van der Waals surface area contributed by atoms with Crippen LogP contribution in [-0.4, -0.2) is 59.3 Å². The predicted molar refractivity (Wildman–Crippen MR) is 109 cm³/mol. The van der Waals surface area contributed by atoms with Crippen LogP contribution >= 0.6 is 24.0 Å². The third kappa shape index (κ3) is 7.67. The second-order valence-electron chi connectivity index (χ2n) is 4.94. The first-order chi connectivity index (χ1) is 10.9. The highest BCUT2D eigenvalue weighted by atomic mass is 127. The van der Waals surface area contributed by atoms with E-state index in [2.05, 4.69) is 15.0 Å². The van der Waals surface area contributed by atoms with Crippen LogP contribution in [0.25, 0.3) is 0 Å². The molecule has 138 valence electrons. The number of hydrogen-bond acceptors (Lipinski definition) is 4. The van der Waals surface area contributed by atoms with E-state index >= 15 is 0 Å². The lowest BCUT2D eigenvalue weighted by Gasteiger charge is -2.23. The van der Waals surface area contributed by atoms with Gasteiger partial charge in [0, 0.05) is 39.3 Å². The largest absolute Gasteiger partial charge is 0.496 e. The van der Waals surface area contributed by atoms with Crippen molar-refractivity contribution in [1.82, 2.24) is 14.9 Å². The summed E-state index contributed by atoms with van der Waals surface area (Å²) in [6.07, 6.45) is 0. The molecule has 0 aliphatic carbocycles. The van der Waals surface area contributed by atoms with Crippen LogP contribution in [0.5, 0.6) is 5.75 Å². The van der Waals surface area contributed by atoms with Crippen molar-refractivity contribution in [1.29, 1.82) is 0 Å². The van der Waals surface area contributed by atoms with Gasteiger partial charge in [0.1, 0.15) is 5.75 Å². The van der Waals surface area contributed by atoms with Crippen LogP contribution in [0, 0.1) is 0 Å². The number of halogens is 1. The maximum absolute atomic E-state index is 11.4. The van der Waals surface area contributed by atoms with E-state index in [0.717, 1.165) is 11.3 Å². The molecule has 2 N–H and O–H groups in total. The molecule has 0 heterocycles. The number of hydrogen-bond donors (Lipinski definition) is 2. The lowest BCUT2D eigenvalue weighted by atomic mass is 10.2. The van der Waals surface area contributed by atoms with Gasteiger partial charge in [0.2, 0.25) is 10.0 Å². The second-order valence-corrected chi connectivity index (χ2v) is 7.04. The van der Waals surface area contributed by atoms with E-state index in [1.54, 1.807) is 21.1 Å². The van der Waals surface area contributed by atoms with Crippen LogP contribution in [0.2, 0.25) is 0 Å². The summed E-state index contributed by atoms with van der Waals surface area (Å²) in [6.45, 7) is 3.01. The van der Waals surface area contributed by atoms with E-state index < -0.39 is 10.0 Å². The molecular weight excluding hydrogens is 443 g/mol. The zero-order chi connectivity index (χ0) is 17.3. The average molecular weight is 470 g/mol. The molecule has 0 spiro atoms. The van der Waals surface area contributed by atoms with Gasteiger partial charge in [0.25, 0.3) is 0 Å². The van der Waals surface area contributed by atoms with Crippen molar-refractivity contribution in [3.63, 3.8) is 0 Å². The molecule has 1 rings (SSSR count). The summed E-state index contributed by atoms with van der Waals surface area (Å²) in [5.74, 6) is 1.59. The molecule has 9 heteroatoms. The fourth-order valence-corrected chi connectivity index (χ4v) is 2.65. The molecule has 0 amide bonds. The van der Waals surface area contributed by atoms with Crippen LogP contribution in [0.1, 0.15) is 12.5 Å². The van der Waals surface area contributed by atoms with E-state index in [1.165, 1.54) is 0 Å². The molecule has 0 atom stereocenters. The molecule has 0 bridgehead atoms. The van der Waals surface area contributed by atoms with Crippen molar-refractivity contribution in [3.8, 4) is 5.75 Å². The first kappa shape index (κ1) is 22.9. The maximum Gasteiger partial charge on any atom is 0.211 e. The fraction of sp³-hybridized carbons (Fsp3) is 0.533. The molecule has 0 aliphatic heterocycles. The number of sulfonamides is 1. The van der Waals surface area contributed by atoms with Crippen LogP contribution in [0.3, 0.4) is 0 Å². The summed E-state index contributed by atoms with van der Waals surface area (Å²) in [5, 5.41) is 3.13. The van der Waals surface area contributed by atoms with Gasteiger partial charge in [-0.1, -0.05) is 18.2 Å². The molecule has 0 fully saturated rings. The number of para-hydroxylation sites is 1. The summed E-state index contributed by atoms with van der Waals surface area (Å²) >= 11 is 0. The topological polar surface area (TPSA) is 83.0 Å². The van der Waals surface area contributed by atoms with Gasteiger partial charge in [-0.05, 0) is 13.0 Å². The van der Waals surface area contributed by atoms with Gasteiger partial charge < -0.3 is 15.0 Å². The normalized spacial score (nSPS) is 11.6. The summed E-state index contributed by atoms with van der Waals surface area (Å²) in [5.41, 5.74) is 1.05. The number of nitrogens with zero attached hydrogens (tertiary/aromatic N) is 2. The Bertz CT molecular complexity index is 623. The van der Waals surface area contributed by atoms with Gasteiger partial charge >= 0.3 is 0 Å². The van der Waals surface area contributed by atoms with Crippen molar-refractivity contribution >= 4 is 40.0 Å². The Balaban J connectivity index is 0.00000529. The van der Waals surface area contributed by atoms with E-state index in [0.29, 0.717) is 25.6 Å². The highest BCUT2D eigenvalue weighted by Gasteiger charge is 2.10. The molecular formula is C15H27IN4O3S. The number of aliphatic imine (C=N–C) groups is 1. The summed E-state index contributed by atoms with van der Waals surface area (Å²) < 4.78 is 30.6. The van der Waals surface area contributed by atoms with E-state index in [4.69, 9.17) is 4.74 Å². The van der Waals surface area contributed by atoms with Crippen LogP contribution in [0.4, 0.5) is 0 Å². The monoisotopic (exact) mass is 470 g/mol. The Morgan fingerprint density at radius 1 is 1.29 bits per heavy atom. The van der Waals surface area contributed by atoms with Crippen molar-refractivity contribution in [2.75, 3.05) is 40.0 Å². The Labute approximate surface area is 161 Å². The standard InChI is InChI=1S/C15H26N4O3S.HI/c1-5-23(20,21)18-11-10-17-15(16-2)19(3)12-13-8-6-7-9-14(13)22-4;/h6-9,18H,5,10-12H2,1-4H3,(H,16,17);1H. The number of guanidine groups is 1. The number of methoxy groups -OCH3 is 1. The van der Waals surface area contributed by atoms with Crippen molar-refractivity contribution in [3.05, 3.63) is 29.8 Å². The minimum Gasteiger partial charge on any atom is -0.496 e. The van der Waals surface area contributed by atoms with Crippen molar-refractivity contribution < 1.29 is 13.2 Å².